The van der Waals surface area contributed by atoms with Gasteiger partial charge in [-0.15, -0.1) is 0 Å². The fourth-order valence-electron chi connectivity index (χ4n) is 1.78. The van der Waals surface area contributed by atoms with E-state index in [1.165, 1.54) is 0 Å². The molecule has 2 aromatic heterocycles. The Labute approximate surface area is 108 Å². The lowest BCUT2D eigenvalue weighted by molar-refractivity contribution is 0.415. The van der Waals surface area contributed by atoms with Crippen LogP contribution in [0.5, 0.6) is 5.75 Å². The Kier molecular flexibility index (Phi) is 2.64. The van der Waals surface area contributed by atoms with Gasteiger partial charge in [-0.05, 0) is 12.1 Å². The third-order valence-corrected chi connectivity index (χ3v) is 2.64. The van der Waals surface area contributed by atoms with Crippen LogP contribution < -0.4 is 15.8 Å². The molecule has 0 saturated carbocycles. The summed E-state index contributed by atoms with van der Waals surface area (Å²) in [6.45, 7) is 0. The molecule has 0 aliphatic carbocycles. The number of nitrogens with zero attached hydrogens (tertiary/aromatic N) is 3. The van der Waals surface area contributed by atoms with E-state index in [0.29, 0.717) is 17.0 Å². The highest BCUT2D eigenvalue weighted by Crippen LogP contribution is 2.24. The molecule has 3 rings (SSSR count). The second kappa shape index (κ2) is 4.45. The number of hydrogen-bond acceptors (Lipinski definition) is 6. The molecule has 96 valence electrons. The summed E-state index contributed by atoms with van der Waals surface area (Å²) in [5.41, 5.74) is 7.73. The number of methoxy groups -OCH3 is 1. The van der Waals surface area contributed by atoms with Gasteiger partial charge in [0, 0.05) is 11.8 Å². The van der Waals surface area contributed by atoms with Crippen molar-refractivity contribution in [2.75, 3.05) is 18.2 Å². The predicted octanol–water partition coefficient (Wildman–Crippen LogP) is 1.69. The molecule has 1 aromatic carbocycles. The van der Waals surface area contributed by atoms with Gasteiger partial charge in [-0.3, -0.25) is 0 Å². The van der Waals surface area contributed by atoms with Crippen molar-refractivity contribution in [3.63, 3.8) is 0 Å². The maximum Gasteiger partial charge on any atom is 0.224 e. The van der Waals surface area contributed by atoms with Gasteiger partial charge in [0.15, 0.2) is 11.5 Å². The number of nitrogen functional groups attached to an aromatic ring is 1. The van der Waals surface area contributed by atoms with Gasteiger partial charge < -0.3 is 20.8 Å². The van der Waals surface area contributed by atoms with Crippen molar-refractivity contribution in [1.82, 2.24) is 19.9 Å². The van der Waals surface area contributed by atoms with E-state index in [0.717, 1.165) is 11.4 Å². The maximum absolute atomic E-state index is 5.65. The molecule has 19 heavy (non-hydrogen) atoms. The number of aromatic amines is 1. The first kappa shape index (κ1) is 11.3. The summed E-state index contributed by atoms with van der Waals surface area (Å²) < 4.78 is 5.17. The Bertz CT molecular complexity index is 723. The molecule has 0 atom stereocenters. The van der Waals surface area contributed by atoms with Crippen LogP contribution in [0.3, 0.4) is 0 Å². The zero-order valence-corrected chi connectivity index (χ0v) is 10.2. The van der Waals surface area contributed by atoms with E-state index in [1.54, 1.807) is 13.4 Å². The lowest BCUT2D eigenvalue weighted by Gasteiger charge is -2.08. The van der Waals surface area contributed by atoms with E-state index < -0.39 is 0 Å². The highest BCUT2D eigenvalue weighted by Gasteiger charge is 2.08. The summed E-state index contributed by atoms with van der Waals surface area (Å²) in [5.74, 6) is 1.51. The summed E-state index contributed by atoms with van der Waals surface area (Å²) in [6, 6.07) is 7.52. The highest BCUT2D eigenvalue weighted by atomic mass is 16.5. The van der Waals surface area contributed by atoms with E-state index >= 15 is 0 Å². The van der Waals surface area contributed by atoms with E-state index in [4.69, 9.17) is 10.5 Å². The molecule has 0 saturated heterocycles. The summed E-state index contributed by atoms with van der Waals surface area (Å²) in [7, 11) is 1.62. The number of nitrogens with one attached hydrogen (secondary N) is 2. The number of rotatable bonds is 3. The van der Waals surface area contributed by atoms with Gasteiger partial charge in [-0.25, -0.2) is 4.98 Å². The van der Waals surface area contributed by atoms with Crippen molar-refractivity contribution in [3.8, 4) is 5.75 Å². The number of nitrogens with two attached hydrogens (primary N) is 1. The van der Waals surface area contributed by atoms with Crippen LogP contribution in [-0.2, 0) is 0 Å². The molecule has 0 aliphatic heterocycles. The van der Waals surface area contributed by atoms with Crippen LogP contribution in [0.4, 0.5) is 17.5 Å². The van der Waals surface area contributed by atoms with Crippen LogP contribution in [0.25, 0.3) is 11.2 Å². The minimum atomic E-state index is 0.171. The van der Waals surface area contributed by atoms with Crippen LogP contribution in [0, 0.1) is 0 Å². The van der Waals surface area contributed by atoms with Gasteiger partial charge in [-0.1, -0.05) is 6.07 Å². The molecule has 4 N–H and O–H groups in total. The van der Waals surface area contributed by atoms with Crippen LogP contribution >= 0.6 is 0 Å². The average Bonchev–Trinajstić information content (AvgIpc) is 2.87. The van der Waals surface area contributed by atoms with Gasteiger partial charge in [-0.2, -0.15) is 9.97 Å². The number of ether oxygens (including phenoxy) is 1. The third-order valence-electron chi connectivity index (χ3n) is 2.64. The van der Waals surface area contributed by atoms with E-state index in [9.17, 15) is 0 Å². The number of fused-ring (bicyclic) bond motifs is 1. The molecule has 0 radical (unpaired) electrons. The minimum Gasteiger partial charge on any atom is -0.497 e. The second-order valence-electron chi connectivity index (χ2n) is 3.89. The van der Waals surface area contributed by atoms with Crippen LogP contribution in [-0.4, -0.2) is 27.0 Å². The Morgan fingerprint density at radius 1 is 1.32 bits per heavy atom. The first-order valence-corrected chi connectivity index (χ1v) is 5.64. The molecule has 0 unspecified atom stereocenters. The van der Waals surface area contributed by atoms with Gasteiger partial charge >= 0.3 is 0 Å². The fourth-order valence-corrected chi connectivity index (χ4v) is 1.78. The number of aromatic nitrogens is 4. The topological polar surface area (TPSA) is 102 Å². The number of benzene rings is 1. The van der Waals surface area contributed by atoms with Crippen molar-refractivity contribution in [3.05, 3.63) is 30.6 Å². The Hall–Kier alpha value is -2.83. The van der Waals surface area contributed by atoms with Gasteiger partial charge in [0.2, 0.25) is 5.95 Å². The molecular formula is C12H12N6O. The summed E-state index contributed by atoms with van der Waals surface area (Å²) >= 11 is 0. The van der Waals surface area contributed by atoms with Crippen LogP contribution in [0.1, 0.15) is 0 Å². The normalized spacial score (nSPS) is 10.6. The van der Waals surface area contributed by atoms with Crippen LogP contribution in [0.2, 0.25) is 0 Å². The van der Waals surface area contributed by atoms with Crippen molar-refractivity contribution in [1.29, 1.82) is 0 Å². The Morgan fingerprint density at radius 3 is 3.05 bits per heavy atom. The number of hydrogen-bond donors (Lipinski definition) is 3. The first-order chi connectivity index (χ1) is 9.26. The lowest BCUT2D eigenvalue weighted by Crippen LogP contribution is -2.01. The van der Waals surface area contributed by atoms with Crippen molar-refractivity contribution in [2.24, 2.45) is 0 Å². The van der Waals surface area contributed by atoms with E-state index in [-0.39, 0.29) is 5.95 Å². The van der Waals surface area contributed by atoms with Crippen LogP contribution in [0.15, 0.2) is 30.6 Å². The fraction of sp³-hybridized carbons (Fsp3) is 0.0833. The molecule has 7 nitrogen and oxygen atoms in total. The first-order valence-electron chi connectivity index (χ1n) is 5.64. The Morgan fingerprint density at radius 2 is 2.21 bits per heavy atom. The largest absolute Gasteiger partial charge is 0.497 e. The maximum atomic E-state index is 5.65. The molecule has 0 spiro atoms. The molecule has 0 aliphatic rings. The molecule has 0 bridgehead atoms. The summed E-state index contributed by atoms with van der Waals surface area (Å²) in [6.07, 6.45) is 1.55. The van der Waals surface area contributed by atoms with E-state index in [1.807, 2.05) is 24.3 Å². The second-order valence-corrected chi connectivity index (χ2v) is 3.89. The zero-order valence-electron chi connectivity index (χ0n) is 10.2. The quantitative estimate of drug-likeness (QED) is 0.659. The number of imidazole rings is 1. The lowest BCUT2D eigenvalue weighted by atomic mass is 10.3. The molecule has 0 fully saturated rings. The SMILES string of the molecule is COc1cccc(Nc2nc(N)nc3nc[nH]c23)c1. The van der Waals surface area contributed by atoms with Gasteiger partial charge in [0.1, 0.15) is 11.3 Å². The Balaban J connectivity index is 2.02. The van der Waals surface area contributed by atoms with E-state index in [2.05, 4.69) is 25.3 Å². The number of H-pyrrole nitrogens is 1. The van der Waals surface area contributed by atoms with Crippen molar-refractivity contribution in [2.45, 2.75) is 0 Å². The molecule has 0 amide bonds. The summed E-state index contributed by atoms with van der Waals surface area (Å²) in [4.78, 5) is 15.2. The zero-order chi connectivity index (χ0) is 13.2. The average molecular weight is 256 g/mol. The monoisotopic (exact) mass is 256 g/mol. The molecule has 3 aromatic rings. The standard InChI is InChI=1S/C12H12N6O/c1-19-8-4-2-3-7(5-8)16-11-9-10(15-6-14-9)17-12(13)18-11/h2-6H,1H3,(H4,13,14,15,16,17,18). The minimum absolute atomic E-state index is 0.171. The highest BCUT2D eigenvalue weighted by molar-refractivity contribution is 5.85. The van der Waals surface area contributed by atoms with Gasteiger partial charge in [0.25, 0.3) is 0 Å². The number of anilines is 3. The summed E-state index contributed by atoms with van der Waals surface area (Å²) in [5, 5.41) is 3.17. The predicted molar refractivity (Wildman–Crippen MR) is 72.4 cm³/mol. The molecule has 2 heterocycles. The van der Waals surface area contributed by atoms with Crippen molar-refractivity contribution < 1.29 is 4.74 Å². The molecular weight excluding hydrogens is 244 g/mol. The third kappa shape index (κ3) is 2.13. The van der Waals surface area contributed by atoms with Gasteiger partial charge in [0.05, 0.1) is 13.4 Å². The molecule has 7 heteroatoms. The van der Waals surface area contributed by atoms with Crippen molar-refractivity contribution >= 4 is 28.6 Å². The smallest absolute Gasteiger partial charge is 0.224 e.